The molecule has 0 aliphatic carbocycles. The number of benzene rings is 1. The molecule has 0 saturated carbocycles. The molecule has 1 aromatic rings. The lowest BCUT2D eigenvalue weighted by Gasteiger charge is -2.19. The zero-order chi connectivity index (χ0) is 14.3. The zero-order valence-corrected chi connectivity index (χ0v) is 12.4. The van der Waals surface area contributed by atoms with Gasteiger partial charge in [0.05, 0.1) is 6.04 Å². The maximum atomic E-state index is 11.9. The second kappa shape index (κ2) is 8.18. The molecule has 0 fully saturated rings. The van der Waals surface area contributed by atoms with Crippen molar-refractivity contribution in [1.82, 2.24) is 5.32 Å². The van der Waals surface area contributed by atoms with Gasteiger partial charge < -0.3 is 11.1 Å². The van der Waals surface area contributed by atoms with Gasteiger partial charge in [-0.15, -0.1) is 0 Å². The summed E-state index contributed by atoms with van der Waals surface area (Å²) in [6.45, 7) is 4.12. The molecule has 0 saturated heterocycles. The molecule has 1 amide bonds. The van der Waals surface area contributed by atoms with Crippen LogP contribution in [-0.2, 0) is 4.79 Å². The Labute approximate surface area is 120 Å². The van der Waals surface area contributed by atoms with E-state index in [0.717, 1.165) is 24.8 Å². The molecule has 2 unspecified atom stereocenters. The average Bonchev–Trinajstić information content (AvgIpc) is 2.37. The Kier molecular flexibility index (Phi) is 6.89. The van der Waals surface area contributed by atoms with Crippen molar-refractivity contribution in [3.8, 4) is 0 Å². The van der Waals surface area contributed by atoms with E-state index >= 15 is 0 Å². The van der Waals surface area contributed by atoms with Crippen molar-refractivity contribution in [3.63, 3.8) is 0 Å². The average molecular weight is 283 g/mol. The third kappa shape index (κ3) is 5.62. The van der Waals surface area contributed by atoms with E-state index in [4.69, 9.17) is 17.3 Å². The first-order valence-electron chi connectivity index (χ1n) is 6.87. The van der Waals surface area contributed by atoms with Gasteiger partial charge in [0.15, 0.2) is 0 Å². The molecule has 0 bridgehead atoms. The van der Waals surface area contributed by atoms with E-state index in [1.54, 1.807) is 0 Å². The fourth-order valence-electron chi connectivity index (χ4n) is 2.08. The van der Waals surface area contributed by atoms with E-state index in [0.29, 0.717) is 11.4 Å². The van der Waals surface area contributed by atoms with Gasteiger partial charge in [0.25, 0.3) is 0 Å². The molecule has 0 heterocycles. The quantitative estimate of drug-likeness (QED) is 0.805. The Bertz CT molecular complexity index is 392. The summed E-state index contributed by atoms with van der Waals surface area (Å²) in [6, 6.07) is 7.56. The van der Waals surface area contributed by atoms with Gasteiger partial charge in [0.2, 0.25) is 5.91 Å². The van der Waals surface area contributed by atoms with E-state index < -0.39 is 0 Å². The van der Waals surface area contributed by atoms with Crippen molar-refractivity contribution >= 4 is 17.5 Å². The topological polar surface area (TPSA) is 55.1 Å². The lowest BCUT2D eigenvalue weighted by Crippen LogP contribution is -2.33. The Balaban J connectivity index is 2.56. The fraction of sp³-hybridized carbons (Fsp3) is 0.533. The monoisotopic (exact) mass is 282 g/mol. The van der Waals surface area contributed by atoms with Gasteiger partial charge in [-0.2, -0.15) is 0 Å². The molecule has 3 N–H and O–H groups in total. The molecule has 0 aromatic heterocycles. The molecule has 0 aliphatic rings. The SMILES string of the molecule is CCCC(N)CC(=O)NC(CC)c1ccc(Cl)cc1. The zero-order valence-electron chi connectivity index (χ0n) is 11.7. The van der Waals surface area contributed by atoms with Crippen LogP contribution in [0.3, 0.4) is 0 Å². The van der Waals surface area contributed by atoms with Gasteiger partial charge in [0, 0.05) is 17.5 Å². The molecule has 1 rings (SSSR count). The highest BCUT2D eigenvalue weighted by Crippen LogP contribution is 2.19. The molecule has 4 heteroatoms. The second-order valence-corrected chi connectivity index (χ2v) is 5.27. The van der Waals surface area contributed by atoms with Gasteiger partial charge >= 0.3 is 0 Å². The van der Waals surface area contributed by atoms with Crippen molar-refractivity contribution < 1.29 is 4.79 Å². The van der Waals surface area contributed by atoms with E-state index in [-0.39, 0.29) is 18.0 Å². The lowest BCUT2D eigenvalue weighted by molar-refractivity contribution is -0.122. The van der Waals surface area contributed by atoms with Gasteiger partial charge in [-0.05, 0) is 30.5 Å². The van der Waals surface area contributed by atoms with Gasteiger partial charge in [-0.25, -0.2) is 0 Å². The van der Waals surface area contributed by atoms with Gasteiger partial charge in [-0.3, -0.25) is 4.79 Å². The first kappa shape index (κ1) is 16.0. The number of halogens is 1. The molecule has 19 heavy (non-hydrogen) atoms. The van der Waals surface area contributed by atoms with Crippen molar-refractivity contribution in [1.29, 1.82) is 0 Å². The molecule has 0 aliphatic heterocycles. The molecule has 0 radical (unpaired) electrons. The lowest BCUT2D eigenvalue weighted by atomic mass is 10.0. The number of nitrogens with one attached hydrogen (secondary N) is 1. The van der Waals surface area contributed by atoms with E-state index in [1.165, 1.54) is 0 Å². The molecule has 1 aromatic carbocycles. The van der Waals surface area contributed by atoms with Crippen LogP contribution in [0, 0.1) is 0 Å². The minimum Gasteiger partial charge on any atom is -0.349 e. The summed E-state index contributed by atoms with van der Waals surface area (Å²) in [6.07, 6.45) is 3.11. The maximum Gasteiger partial charge on any atom is 0.222 e. The summed E-state index contributed by atoms with van der Waals surface area (Å²) in [7, 11) is 0. The van der Waals surface area contributed by atoms with Crippen LogP contribution in [0.2, 0.25) is 5.02 Å². The highest BCUT2D eigenvalue weighted by atomic mass is 35.5. The number of carbonyl (C=O) groups excluding carboxylic acids is 1. The van der Waals surface area contributed by atoms with Crippen LogP contribution in [0.4, 0.5) is 0 Å². The van der Waals surface area contributed by atoms with Crippen molar-refractivity contribution in [2.75, 3.05) is 0 Å². The van der Waals surface area contributed by atoms with Crippen LogP contribution >= 0.6 is 11.6 Å². The molecular formula is C15H23ClN2O. The summed E-state index contributed by atoms with van der Waals surface area (Å²) in [5.74, 6) is 0.0164. The minimum atomic E-state index is -0.0484. The normalized spacial score (nSPS) is 13.9. The predicted molar refractivity (Wildman–Crippen MR) is 80.1 cm³/mol. The summed E-state index contributed by atoms with van der Waals surface area (Å²) in [4.78, 5) is 11.9. The Morgan fingerprint density at radius 3 is 2.47 bits per heavy atom. The van der Waals surface area contributed by atoms with Crippen LogP contribution < -0.4 is 11.1 Å². The van der Waals surface area contributed by atoms with Gasteiger partial charge in [-0.1, -0.05) is 44.0 Å². The largest absolute Gasteiger partial charge is 0.349 e. The smallest absolute Gasteiger partial charge is 0.222 e. The molecule has 2 atom stereocenters. The molecule has 0 spiro atoms. The first-order chi connectivity index (χ1) is 9.06. The number of amides is 1. The van der Waals surface area contributed by atoms with Crippen molar-refractivity contribution in [3.05, 3.63) is 34.9 Å². The highest BCUT2D eigenvalue weighted by Gasteiger charge is 2.14. The highest BCUT2D eigenvalue weighted by molar-refractivity contribution is 6.30. The summed E-state index contributed by atoms with van der Waals surface area (Å²) in [5.41, 5.74) is 6.96. The Morgan fingerprint density at radius 2 is 1.95 bits per heavy atom. The van der Waals surface area contributed by atoms with Crippen LogP contribution in [0.15, 0.2) is 24.3 Å². The Morgan fingerprint density at radius 1 is 1.32 bits per heavy atom. The standard InChI is InChI=1S/C15H23ClN2O/c1-3-5-13(17)10-15(19)18-14(4-2)11-6-8-12(16)9-7-11/h6-9,13-14H,3-5,10,17H2,1-2H3,(H,18,19). The summed E-state index contributed by atoms with van der Waals surface area (Å²) >= 11 is 5.87. The first-order valence-corrected chi connectivity index (χ1v) is 7.25. The third-order valence-corrected chi connectivity index (χ3v) is 3.37. The fourth-order valence-corrected chi connectivity index (χ4v) is 2.21. The van der Waals surface area contributed by atoms with E-state index in [9.17, 15) is 4.79 Å². The Hall–Kier alpha value is -1.06. The minimum absolute atomic E-state index is 0.0164. The van der Waals surface area contributed by atoms with Crippen LogP contribution in [0.5, 0.6) is 0 Å². The second-order valence-electron chi connectivity index (χ2n) is 4.83. The maximum absolute atomic E-state index is 11.9. The molecule has 3 nitrogen and oxygen atoms in total. The van der Waals surface area contributed by atoms with Crippen LogP contribution in [0.25, 0.3) is 0 Å². The summed E-state index contributed by atoms with van der Waals surface area (Å²) in [5, 5.41) is 3.73. The molecular weight excluding hydrogens is 260 g/mol. The van der Waals surface area contributed by atoms with Crippen molar-refractivity contribution in [2.24, 2.45) is 5.73 Å². The van der Waals surface area contributed by atoms with Crippen LogP contribution in [0.1, 0.15) is 51.1 Å². The number of hydrogen-bond acceptors (Lipinski definition) is 2. The predicted octanol–water partition coefficient (Wildman–Crippen LogP) is 3.42. The van der Waals surface area contributed by atoms with Crippen molar-refractivity contribution in [2.45, 2.75) is 51.6 Å². The summed E-state index contributed by atoms with van der Waals surface area (Å²) < 4.78 is 0. The molecule has 106 valence electrons. The van der Waals surface area contributed by atoms with E-state index in [2.05, 4.69) is 12.2 Å². The number of nitrogens with two attached hydrogens (primary N) is 1. The van der Waals surface area contributed by atoms with Crippen LogP contribution in [-0.4, -0.2) is 11.9 Å². The number of carbonyl (C=O) groups is 1. The van der Waals surface area contributed by atoms with Gasteiger partial charge in [0.1, 0.15) is 0 Å². The number of rotatable bonds is 7. The third-order valence-electron chi connectivity index (χ3n) is 3.12. The van der Waals surface area contributed by atoms with E-state index in [1.807, 2.05) is 31.2 Å². The number of hydrogen-bond donors (Lipinski definition) is 2.